The molecule has 1 aromatic rings. The summed E-state index contributed by atoms with van der Waals surface area (Å²) in [6.45, 7) is 0.672. The minimum absolute atomic E-state index is 0.0245. The number of anilines is 1. The van der Waals surface area contributed by atoms with Crippen LogP contribution in [0, 0.1) is 0 Å². The third-order valence-electron chi connectivity index (χ3n) is 2.79. The van der Waals surface area contributed by atoms with Crippen molar-refractivity contribution in [1.82, 2.24) is 0 Å². The molecule has 0 aliphatic heterocycles. The minimum atomic E-state index is -0.0245. The maximum Gasteiger partial charge on any atom is 0.224 e. The molecule has 3 N–H and O–H groups in total. The average molecular weight is 266 g/mol. The molecule has 0 aromatic heterocycles. The first-order chi connectivity index (χ1) is 9.21. The standard InChI is InChI=1S/C14H22N2O3/c1-18-11-7-8-13(19-2)12(10-11)16-14(17)6-4-3-5-9-15/h7-8,10H,3-6,9,15H2,1-2H3,(H,16,17). The molecular weight excluding hydrogens is 244 g/mol. The third-order valence-corrected chi connectivity index (χ3v) is 2.79. The normalized spacial score (nSPS) is 10.1. The van der Waals surface area contributed by atoms with Gasteiger partial charge in [-0.15, -0.1) is 0 Å². The van der Waals surface area contributed by atoms with Gasteiger partial charge in [-0.3, -0.25) is 4.79 Å². The van der Waals surface area contributed by atoms with Crippen molar-refractivity contribution < 1.29 is 14.3 Å². The van der Waals surface area contributed by atoms with Crippen molar-refractivity contribution in [1.29, 1.82) is 0 Å². The van der Waals surface area contributed by atoms with E-state index in [2.05, 4.69) is 5.32 Å². The quantitative estimate of drug-likeness (QED) is 0.707. The molecule has 5 heteroatoms. The Bertz CT molecular complexity index is 408. The Morgan fingerprint density at radius 1 is 1.21 bits per heavy atom. The summed E-state index contributed by atoms with van der Waals surface area (Å²) >= 11 is 0. The van der Waals surface area contributed by atoms with E-state index in [1.807, 2.05) is 0 Å². The maximum absolute atomic E-state index is 11.8. The van der Waals surface area contributed by atoms with E-state index < -0.39 is 0 Å². The molecule has 1 rings (SSSR count). The summed E-state index contributed by atoms with van der Waals surface area (Å²) in [7, 11) is 3.15. The average Bonchev–Trinajstić information content (AvgIpc) is 2.43. The molecule has 0 atom stereocenters. The highest BCUT2D eigenvalue weighted by molar-refractivity contribution is 5.92. The van der Waals surface area contributed by atoms with Gasteiger partial charge in [0, 0.05) is 12.5 Å². The van der Waals surface area contributed by atoms with E-state index in [-0.39, 0.29) is 5.91 Å². The molecule has 0 radical (unpaired) electrons. The predicted molar refractivity (Wildman–Crippen MR) is 75.7 cm³/mol. The van der Waals surface area contributed by atoms with Crippen LogP contribution >= 0.6 is 0 Å². The van der Waals surface area contributed by atoms with Crippen LogP contribution in [0.15, 0.2) is 18.2 Å². The van der Waals surface area contributed by atoms with Crippen LogP contribution in [0.4, 0.5) is 5.69 Å². The Balaban J connectivity index is 2.56. The van der Waals surface area contributed by atoms with Crippen molar-refractivity contribution in [2.45, 2.75) is 25.7 Å². The van der Waals surface area contributed by atoms with Crippen LogP contribution in [0.1, 0.15) is 25.7 Å². The van der Waals surface area contributed by atoms with Gasteiger partial charge in [0.05, 0.1) is 19.9 Å². The molecule has 0 fully saturated rings. The Morgan fingerprint density at radius 3 is 2.63 bits per heavy atom. The Morgan fingerprint density at radius 2 is 2.00 bits per heavy atom. The number of nitrogens with one attached hydrogen (secondary N) is 1. The number of ether oxygens (including phenoxy) is 2. The maximum atomic E-state index is 11.8. The van der Waals surface area contributed by atoms with Crippen LogP contribution in [0.25, 0.3) is 0 Å². The smallest absolute Gasteiger partial charge is 0.224 e. The van der Waals surface area contributed by atoms with Crippen LogP contribution in [-0.2, 0) is 4.79 Å². The Hall–Kier alpha value is -1.75. The van der Waals surface area contributed by atoms with Gasteiger partial charge >= 0.3 is 0 Å². The van der Waals surface area contributed by atoms with Gasteiger partial charge in [0.1, 0.15) is 11.5 Å². The monoisotopic (exact) mass is 266 g/mol. The number of amides is 1. The van der Waals surface area contributed by atoms with Gasteiger partial charge in [-0.2, -0.15) is 0 Å². The SMILES string of the molecule is COc1ccc(OC)c(NC(=O)CCCCCN)c1. The van der Waals surface area contributed by atoms with E-state index in [0.29, 0.717) is 30.2 Å². The zero-order chi connectivity index (χ0) is 14.1. The molecule has 0 bridgehead atoms. The minimum Gasteiger partial charge on any atom is -0.497 e. The molecule has 0 saturated carbocycles. The summed E-state index contributed by atoms with van der Waals surface area (Å²) in [5.74, 6) is 1.28. The fourth-order valence-corrected chi connectivity index (χ4v) is 1.73. The second-order valence-corrected chi connectivity index (χ2v) is 4.21. The number of carbonyl (C=O) groups is 1. The molecule has 1 aromatic carbocycles. The van der Waals surface area contributed by atoms with Crippen LogP contribution in [0.5, 0.6) is 11.5 Å². The van der Waals surface area contributed by atoms with Gasteiger partial charge in [0.25, 0.3) is 0 Å². The second kappa shape index (κ2) is 8.37. The molecule has 5 nitrogen and oxygen atoms in total. The number of benzene rings is 1. The highest BCUT2D eigenvalue weighted by atomic mass is 16.5. The lowest BCUT2D eigenvalue weighted by Crippen LogP contribution is -2.12. The van der Waals surface area contributed by atoms with Gasteiger partial charge in [0.2, 0.25) is 5.91 Å². The molecule has 0 unspecified atom stereocenters. The number of rotatable bonds is 8. The summed E-state index contributed by atoms with van der Waals surface area (Å²) < 4.78 is 10.3. The van der Waals surface area contributed by atoms with Crippen LogP contribution < -0.4 is 20.5 Å². The first kappa shape index (κ1) is 15.3. The lowest BCUT2D eigenvalue weighted by Gasteiger charge is -2.11. The van der Waals surface area contributed by atoms with Gasteiger partial charge in [-0.25, -0.2) is 0 Å². The summed E-state index contributed by atoms with van der Waals surface area (Å²) in [5, 5.41) is 2.84. The molecule has 0 spiro atoms. The van der Waals surface area contributed by atoms with Crippen molar-refractivity contribution >= 4 is 11.6 Å². The zero-order valence-corrected chi connectivity index (χ0v) is 11.6. The zero-order valence-electron chi connectivity index (χ0n) is 11.6. The van der Waals surface area contributed by atoms with Crippen LogP contribution in [-0.4, -0.2) is 26.7 Å². The van der Waals surface area contributed by atoms with Crippen molar-refractivity contribution in [3.8, 4) is 11.5 Å². The molecule has 0 heterocycles. The van der Waals surface area contributed by atoms with Gasteiger partial charge in [-0.05, 0) is 31.5 Å². The second-order valence-electron chi connectivity index (χ2n) is 4.21. The molecule has 106 valence electrons. The molecular formula is C14H22N2O3. The summed E-state index contributed by atoms with van der Waals surface area (Å²) in [5.41, 5.74) is 6.04. The largest absolute Gasteiger partial charge is 0.497 e. The first-order valence-corrected chi connectivity index (χ1v) is 6.43. The van der Waals surface area contributed by atoms with E-state index in [4.69, 9.17) is 15.2 Å². The van der Waals surface area contributed by atoms with E-state index in [1.165, 1.54) is 0 Å². The molecule has 1 amide bonds. The summed E-state index contributed by atoms with van der Waals surface area (Å²) in [6.07, 6.45) is 3.25. The molecule has 0 aliphatic carbocycles. The third kappa shape index (κ3) is 5.18. The Labute approximate surface area is 114 Å². The van der Waals surface area contributed by atoms with Gasteiger partial charge in [0.15, 0.2) is 0 Å². The lowest BCUT2D eigenvalue weighted by molar-refractivity contribution is -0.116. The molecule has 19 heavy (non-hydrogen) atoms. The van der Waals surface area contributed by atoms with Crippen molar-refractivity contribution in [3.05, 3.63) is 18.2 Å². The molecule has 0 saturated heterocycles. The number of unbranched alkanes of at least 4 members (excludes halogenated alkanes) is 2. The first-order valence-electron chi connectivity index (χ1n) is 6.43. The van der Waals surface area contributed by atoms with E-state index in [1.54, 1.807) is 32.4 Å². The summed E-state index contributed by atoms with van der Waals surface area (Å²) in [6, 6.07) is 5.30. The topological polar surface area (TPSA) is 73.6 Å². The fraction of sp³-hybridized carbons (Fsp3) is 0.500. The van der Waals surface area contributed by atoms with Crippen LogP contribution in [0.2, 0.25) is 0 Å². The van der Waals surface area contributed by atoms with Crippen molar-refractivity contribution in [2.24, 2.45) is 5.73 Å². The van der Waals surface area contributed by atoms with Crippen molar-refractivity contribution in [2.75, 3.05) is 26.1 Å². The number of hydrogen-bond donors (Lipinski definition) is 2. The van der Waals surface area contributed by atoms with Crippen molar-refractivity contribution in [3.63, 3.8) is 0 Å². The van der Waals surface area contributed by atoms with E-state index >= 15 is 0 Å². The van der Waals surface area contributed by atoms with E-state index in [9.17, 15) is 4.79 Å². The highest BCUT2D eigenvalue weighted by Gasteiger charge is 2.08. The highest BCUT2D eigenvalue weighted by Crippen LogP contribution is 2.29. The van der Waals surface area contributed by atoms with Crippen LogP contribution in [0.3, 0.4) is 0 Å². The number of methoxy groups -OCH3 is 2. The van der Waals surface area contributed by atoms with Gasteiger partial charge < -0.3 is 20.5 Å². The predicted octanol–water partition coefficient (Wildman–Crippen LogP) is 2.16. The Kier molecular flexibility index (Phi) is 6.74. The van der Waals surface area contributed by atoms with Gasteiger partial charge in [-0.1, -0.05) is 6.42 Å². The summed E-state index contributed by atoms with van der Waals surface area (Å²) in [4.78, 5) is 11.8. The molecule has 0 aliphatic rings. The number of nitrogens with two attached hydrogens (primary N) is 1. The number of hydrogen-bond acceptors (Lipinski definition) is 4. The van der Waals surface area contributed by atoms with E-state index in [0.717, 1.165) is 19.3 Å². The lowest BCUT2D eigenvalue weighted by atomic mass is 10.2. The number of carbonyl (C=O) groups excluding carboxylic acids is 1. The fourth-order valence-electron chi connectivity index (χ4n) is 1.73.